The van der Waals surface area contributed by atoms with Gasteiger partial charge in [0.15, 0.2) is 5.82 Å². The van der Waals surface area contributed by atoms with Gasteiger partial charge in [-0.2, -0.15) is 28.6 Å². The molecular weight excluding hydrogens is 254 g/mol. The molecule has 1 atom stereocenters. The van der Waals surface area contributed by atoms with Gasteiger partial charge in [0, 0.05) is 12.2 Å². The van der Waals surface area contributed by atoms with Crippen molar-refractivity contribution in [1.82, 2.24) is 14.8 Å². The maximum atomic E-state index is 9.04. The highest BCUT2D eigenvalue weighted by atomic mass is 32.2. The average molecular weight is 275 g/mol. The molecule has 0 amide bonds. The molecule has 98 valence electrons. The van der Waals surface area contributed by atoms with E-state index in [4.69, 9.17) is 5.11 Å². The minimum atomic E-state index is 0.113. The summed E-state index contributed by atoms with van der Waals surface area (Å²) < 4.78 is 1.85. The molecule has 0 aliphatic heterocycles. The average Bonchev–Trinajstić information content (AvgIpc) is 2.70. The van der Waals surface area contributed by atoms with Gasteiger partial charge in [-0.3, -0.25) is 0 Å². The number of thioether (sulfide) groups is 2. The second-order valence-electron chi connectivity index (χ2n) is 3.67. The predicted molar refractivity (Wildman–Crippen MR) is 75.7 cm³/mol. The third kappa shape index (κ3) is 4.52. The molecule has 0 radical (unpaired) electrons. The summed E-state index contributed by atoms with van der Waals surface area (Å²) >= 11 is 3.65. The van der Waals surface area contributed by atoms with Crippen LogP contribution in [0.2, 0.25) is 0 Å². The van der Waals surface area contributed by atoms with Crippen molar-refractivity contribution in [3.05, 3.63) is 11.6 Å². The van der Waals surface area contributed by atoms with Crippen molar-refractivity contribution >= 4 is 23.5 Å². The van der Waals surface area contributed by atoms with Crippen LogP contribution in [-0.4, -0.2) is 44.2 Å². The lowest BCUT2D eigenvalue weighted by atomic mass is 10.4. The van der Waals surface area contributed by atoms with Crippen molar-refractivity contribution in [2.45, 2.75) is 32.1 Å². The standard InChI is InChI=1S/C11H21N3OS2/c1-4-17-9(2)11-12-10(5-8-16-3)13-14(11)6-7-15/h9,15H,4-8H2,1-3H3. The van der Waals surface area contributed by atoms with Crippen LogP contribution in [-0.2, 0) is 13.0 Å². The van der Waals surface area contributed by atoms with Crippen LogP contribution in [0.15, 0.2) is 0 Å². The SMILES string of the molecule is CCSC(C)c1nc(CCSC)nn1CCO. The topological polar surface area (TPSA) is 50.9 Å². The van der Waals surface area contributed by atoms with Crippen LogP contribution in [0.3, 0.4) is 0 Å². The monoisotopic (exact) mass is 275 g/mol. The summed E-state index contributed by atoms with van der Waals surface area (Å²) in [5.74, 6) is 3.99. The normalized spacial score (nSPS) is 12.9. The van der Waals surface area contributed by atoms with Crippen molar-refractivity contribution in [3.8, 4) is 0 Å². The molecular formula is C11H21N3OS2. The quantitative estimate of drug-likeness (QED) is 0.786. The van der Waals surface area contributed by atoms with E-state index >= 15 is 0 Å². The first-order valence-corrected chi connectivity index (χ1v) is 8.32. The van der Waals surface area contributed by atoms with Crippen molar-refractivity contribution in [2.75, 3.05) is 24.4 Å². The molecule has 0 saturated heterocycles. The van der Waals surface area contributed by atoms with Gasteiger partial charge in [0.1, 0.15) is 5.82 Å². The fraction of sp³-hybridized carbons (Fsp3) is 0.818. The van der Waals surface area contributed by atoms with Crippen LogP contribution >= 0.6 is 23.5 Å². The lowest BCUT2D eigenvalue weighted by Crippen LogP contribution is -2.10. The summed E-state index contributed by atoms with van der Waals surface area (Å²) in [4.78, 5) is 4.59. The number of aromatic nitrogens is 3. The smallest absolute Gasteiger partial charge is 0.151 e. The second-order valence-corrected chi connectivity index (χ2v) is 6.28. The molecule has 0 spiro atoms. The molecule has 4 nitrogen and oxygen atoms in total. The van der Waals surface area contributed by atoms with Crippen LogP contribution < -0.4 is 0 Å². The van der Waals surface area contributed by atoms with Gasteiger partial charge in [-0.15, -0.1) is 0 Å². The Morgan fingerprint density at radius 2 is 2.24 bits per heavy atom. The van der Waals surface area contributed by atoms with E-state index in [0.717, 1.165) is 29.6 Å². The van der Waals surface area contributed by atoms with E-state index in [9.17, 15) is 0 Å². The Bertz CT molecular complexity index is 331. The highest BCUT2D eigenvalue weighted by Gasteiger charge is 2.15. The van der Waals surface area contributed by atoms with Gasteiger partial charge in [-0.25, -0.2) is 9.67 Å². The highest BCUT2D eigenvalue weighted by Crippen LogP contribution is 2.26. The van der Waals surface area contributed by atoms with Crippen molar-refractivity contribution in [2.24, 2.45) is 0 Å². The van der Waals surface area contributed by atoms with Gasteiger partial charge >= 0.3 is 0 Å². The van der Waals surface area contributed by atoms with Crippen LogP contribution in [0.5, 0.6) is 0 Å². The van der Waals surface area contributed by atoms with Crippen LogP contribution in [0, 0.1) is 0 Å². The molecule has 0 bridgehead atoms. The first-order valence-electron chi connectivity index (χ1n) is 5.87. The Morgan fingerprint density at radius 3 is 2.82 bits per heavy atom. The minimum absolute atomic E-state index is 0.113. The summed E-state index contributed by atoms with van der Waals surface area (Å²) in [6.07, 6.45) is 2.98. The summed E-state index contributed by atoms with van der Waals surface area (Å²) in [6, 6.07) is 0. The number of hydrogen-bond acceptors (Lipinski definition) is 5. The molecule has 6 heteroatoms. The molecule has 0 fully saturated rings. The van der Waals surface area contributed by atoms with Gasteiger partial charge in [0.25, 0.3) is 0 Å². The van der Waals surface area contributed by atoms with E-state index in [2.05, 4.69) is 30.2 Å². The third-order valence-corrected chi connectivity index (χ3v) is 4.02. The molecule has 1 heterocycles. The molecule has 1 N–H and O–H groups in total. The van der Waals surface area contributed by atoms with Crippen LogP contribution in [0.25, 0.3) is 0 Å². The zero-order chi connectivity index (χ0) is 12.7. The van der Waals surface area contributed by atoms with Gasteiger partial charge in [0.2, 0.25) is 0 Å². The first kappa shape index (κ1) is 14.9. The van der Waals surface area contributed by atoms with E-state index < -0.39 is 0 Å². The van der Waals surface area contributed by atoms with Crippen LogP contribution in [0.4, 0.5) is 0 Å². The van der Waals surface area contributed by atoms with Gasteiger partial charge < -0.3 is 5.11 Å². The van der Waals surface area contributed by atoms with Gasteiger partial charge in [-0.05, 0) is 18.9 Å². The molecule has 1 rings (SSSR count). The van der Waals surface area contributed by atoms with E-state index in [0.29, 0.717) is 11.8 Å². The molecule has 17 heavy (non-hydrogen) atoms. The predicted octanol–water partition coefficient (Wildman–Crippen LogP) is 1.99. The zero-order valence-corrected chi connectivity index (χ0v) is 12.4. The Labute approximate surface area is 112 Å². The third-order valence-electron chi connectivity index (χ3n) is 2.37. The second kappa shape index (κ2) is 8.00. The van der Waals surface area contributed by atoms with E-state index in [1.54, 1.807) is 11.8 Å². The number of nitrogens with zero attached hydrogens (tertiary/aromatic N) is 3. The summed E-state index contributed by atoms with van der Waals surface area (Å²) in [6.45, 7) is 4.94. The molecule has 1 unspecified atom stereocenters. The largest absolute Gasteiger partial charge is 0.394 e. The Balaban J connectivity index is 2.80. The number of aryl methyl sites for hydroxylation is 1. The Hall–Kier alpha value is -0.200. The number of hydrogen-bond donors (Lipinski definition) is 1. The fourth-order valence-corrected chi connectivity index (χ4v) is 2.80. The summed E-state index contributed by atoms with van der Waals surface area (Å²) in [7, 11) is 0. The molecule has 0 aliphatic rings. The number of aliphatic hydroxyl groups excluding tert-OH is 1. The fourth-order valence-electron chi connectivity index (χ4n) is 1.59. The van der Waals surface area contributed by atoms with Crippen LogP contribution in [0.1, 0.15) is 30.7 Å². The lowest BCUT2D eigenvalue weighted by molar-refractivity contribution is 0.266. The maximum absolute atomic E-state index is 9.04. The molecule has 0 saturated carbocycles. The summed E-state index contributed by atoms with van der Waals surface area (Å²) in [5, 5.41) is 13.8. The van der Waals surface area contributed by atoms with Gasteiger partial charge in [-0.1, -0.05) is 6.92 Å². The first-order chi connectivity index (χ1) is 8.22. The number of rotatable bonds is 8. The minimum Gasteiger partial charge on any atom is -0.394 e. The Morgan fingerprint density at radius 1 is 1.47 bits per heavy atom. The molecule has 1 aromatic rings. The lowest BCUT2D eigenvalue weighted by Gasteiger charge is -2.09. The van der Waals surface area contributed by atoms with E-state index in [-0.39, 0.29) is 6.61 Å². The molecule has 0 aliphatic carbocycles. The molecule has 0 aromatic carbocycles. The molecule has 1 aromatic heterocycles. The number of aliphatic hydroxyl groups is 1. The Kier molecular flexibility index (Phi) is 6.99. The van der Waals surface area contributed by atoms with E-state index in [1.807, 2.05) is 16.4 Å². The summed E-state index contributed by atoms with van der Waals surface area (Å²) in [5.41, 5.74) is 0. The highest BCUT2D eigenvalue weighted by molar-refractivity contribution is 7.99. The van der Waals surface area contributed by atoms with Crippen molar-refractivity contribution in [1.29, 1.82) is 0 Å². The maximum Gasteiger partial charge on any atom is 0.151 e. The van der Waals surface area contributed by atoms with Crippen molar-refractivity contribution < 1.29 is 5.11 Å². The van der Waals surface area contributed by atoms with E-state index in [1.165, 1.54) is 0 Å². The zero-order valence-electron chi connectivity index (χ0n) is 10.7. The van der Waals surface area contributed by atoms with Gasteiger partial charge in [0.05, 0.1) is 18.4 Å². The van der Waals surface area contributed by atoms with Crippen molar-refractivity contribution in [3.63, 3.8) is 0 Å².